The lowest BCUT2D eigenvalue weighted by molar-refractivity contribution is 0.0483. The number of hydrogen-bond donors (Lipinski definition) is 2. The zero-order chi connectivity index (χ0) is 17.3. The van der Waals surface area contributed by atoms with Crippen LogP contribution in [-0.2, 0) is 11.2 Å². The third-order valence-corrected chi connectivity index (χ3v) is 3.16. The van der Waals surface area contributed by atoms with Crippen LogP contribution in [0.3, 0.4) is 0 Å². The highest BCUT2D eigenvalue weighted by molar-refractivity contribution is 6.17. The van der Waals surface area contributed by atoms with Gasteiger partial charge in [-0.2, -0.15) is 0 Å². The van der Waals surface area contributed by atoms with Crippen molar-refractivity contribution in [3.8, 4) is 5.75 Å². The minimum atomic E-state index is -0.563. The number of benzene rings is 1. The van der Waals surface area contributed by atoms with E-state index in [9.17, 15) is 9.90 Å². The summed E-state index contributed by atoms with van der Waals surface area (Å²) in [6.07, 6.45) is 0.783. The second-order valence-corrected chi connectivity index (χ2v) is 6.64. The van der Waals surface area contributed by atoms with Crippen molar-refractivity contribution in [1.29, 1.82) is 0 Å². The first-order valence-corrected chi connectivity index (χ1v) is 8.25. The van der Waals surface area contributed by atoms with Crippen molar-refractivity contribution in [2.24, 2.45) is 0 Å². The molecule has 0 aliphatic heterocycles. The first-order chi connectivity index (χ1) is 10.8. The molecule has 1 amide bonds. The number of aliphatic hydroxyl groups excluding tert-OH is 1. The molecule has 0 unspecified atom stereocenters. The first kappa shape index (κ1) is 19.6. The fraction of sp³-hybridized carbons (Fsp3) is 0.588. The summed E-state index contributed by atoms with van der Waals surface area (Å²) in [5.74, 6) is 1.35. The third-order valence-electron chi connectivity index (χ3n) is 2.89. The predicted octanol–water partition coefficient (Wildman–Crippen LogP) is 3.12. The molecule has 0 aliphatic carbocycles. The number of hydrogen-bond acceptors (Lipinski definition) is 4. The second-order valence-electron chi connectivity index (χ2n) is 6.26. The summed E-state index contributed by atoms with van der Waals surface area (Å²) in [7, 11) is 0. The average Bonchev–Trinajstić information content (AvgIpc) is 2.46. The van der Waals surface area contributed by atoms with Gasteiger partial charge in [0.25, 0.3) is 0 Å². The molecule has 1 aromatic rings. The monoisotopic (exact) mass is 343 g/mol. The van der Waals surface area contributed by atoms with Gasteiger partial charge in [-0.15, -0.1) is 11.6 Å². The number of nitrogens with one attached hydrogen (secondary N) is 1. The maximum absolute atomic E-state index is 11.7. The van der Waals surface area contributed by atoms with E-state index >= 15 is 0 Å². The summed E-state index contributed by atoms with van der Waals surface area (Å²) in [6, 6.07) is 7.16. The fourth-order valence-corrected chi connectivity index (χ4v) is 2.00. The van der Waals surface area contributed by atoms with Crippen LogP contribution in [-0.4, -0.2) is 41.9 Å². The lowest BCUT2D eigenvalue weighted by atomic mass is 10.1. The Kier molecular flexibility index (Phi) is 8.20. The molecule has 0 aliphatic rings. The van der Waals surface area contributed by atoms with Crippen molar-refractivity contribution < 1.29 is 19.4 Å². The normalized spacial score (nSPS) is 12.6. The Labute approximate surface area is 142 Å². The van der Waals surface area contributed by atoms with Gasteiger partial charge >= 0.3 is 6.09 Å². The summed E-state index contributed by atoms with van der Waals surface area (Å²) >= 11 is 5.60. The summed E-state index contributed by atoms with van der Waals surface area (Å²) in [5, 5.41) is 12.1. The largest absolute Gasteiger partial charge is 0.494 e. The van der Waals surface area contributed by atoms with Crippen LogP contribution in [0.5, 0.6) is 5.75 Å². The van der Waals surface area contributed by atoms with Gasteiger partial charge in [-0.3, -0.25) is 0 Å². The standard InChI is InChI=1S/C17H26ClNO4/c1-17(2,3)23-16(21)19-14(12-20)11-13-5-7-15(8-6-13)22-10-4-9-18/h5-8,14,20H,4,9-12H2,1-3H3,(H,19,21)/t14-/m0/s1. The number of aliphatic hydroxyl groups is 1. The van der Waals surface area contributed by atoms with Gasteiger partial charge in [0.2, 0.25) is 0 Å². The molecule has 0 saturated heterocycles. The van der Waals surface area contributed by atoms with E-state index in [0.29, 0.717) is 18.9 Å². The van der Waals surface area contributed by atoms with Crippen LogP contribution in [0.1, 0.15) is 32.8 Å². The number of amides is 1. The smallest absolute Gasteiger partial charge is 0.407 e. The van der Waals surface area contributed by atoms with Gasteiger partial charge in [-0.05, 0) is 51.3 Å². The highest BCUT2D eigenvalue weighted by Gasteiger charge is 2.19. The van der Waals surface area contributed by atoms with Crippen molar-refractivity contribution in [3.63, 3.8) is 0 Å². The van der Waals surface area contributed by atoms with Crippen molar-refractivity contribution in [2.75, 3.05) is 19.1 Å². The fourth-order valence-electron chi connectivity index (χ4n) is 1.89. The van der Waals surface area contributed by atoms with Gasteiger partial charge in [-0.25, -0.2) is 4.79 Å². The van der Waals surface area contributed by atoms with E-state index in [2.05, 4.69) is 5.32 Å². The minimum Gasteiger partial charge on any atom is -0.494 e. The summed E-state index contributed by atoms with van der Waals surface area (Å²) < 4.78 is 10.7. The number of alkyl carbamates (subject to hydrolysis) is 1. The molecule has 0 saturated carbocycles. The predicted molar refractivity (Wildman–Crippen MR) is 91.2 cm³/mol. The Morgan fingerprint density at radius 2 is 1.96 bits per heavy atom. The lowest BCUT2D eigenvalue weighted by Gasteiger charge is -2.22. The van der Waals surface area contributed by atoms with E-state index in [0.717, 1.165) is 17.7 Å². The van der Waals surface area contributed by atoms with Gasteiger partial charge in [0.15, 0.2) is 0 Å². The van der Waals surface area contributed by atoms with Crippen LogP contribution in [0.25, 0.3) is 0 Å². The van der Waals surface area contributed by atoms with Crippen LogP contribution in [0.4, 0.5) is 4.79 Å². The Morgan fingerprint density at radius 1 is 1.30 bits per heavy atom. The highest BCUT2D eigenvalue weighted by atomic mass is 35.5. The maximum atomic E-state index is 11.7. The summed E-state index contributed by atoms with van der Waals surface area (Å²) in [6.45, 7) is 5.81. The molecule has 0 spiro atoms. The van der Waals surface area contributed by atoms with E-state index < -0.39 is 17.7 Å². The van der Waals surface area contributed by atoms with Gasteiger partial charge in [-0.1, -0.05) is 12.1 Å². The molecule has 0 fully saturated rings. The molecule has 23 heavy (non-hydrogen) atoms. The van der Waals surface area contributed by atoms with Gasteiger partial charge in [0, 0.05) is 5.88 Å². The molecule has 1 aromatic carbocycles. The van der Waals surface area contributed by atoms with Crippen LogP contribution >= 0.6 is 11.6 Å². The van der Waals surface area contributed by atoms with E-state index in [1.54, 1.807) is 20.8 Å². The van der Waals surface area contributed by atoms with E-state index in [-0.39, 0.29) is 6.61 Å². The van der Waals surface area contributed by atoms with Crippen LogP contribution in [0.15, 0.2) is 24.3 Å². The molecule has 130 valence electrons. The van der Waals surface area contributed by atoms with Crippen molar-refractivity contribution in [2.45, 2.75) is 45.3 Å². The summed E-state index contributed by atoms with van der Waals surface area (Å²) in [5.41, 5.74) is 0.427. The molecule has 0 aromatic heterocycles. The van der Waals surface area contributed by atoms with Gasteiger partial charge in [0.1, 0.15) is 11.4 Å². The van der Waals surface area contributed by atoms with Crippen molar-refractivity contribution in [1.82, 2.24) is 5.32 Å². The number of halogens is 1. The highest BCUT2D eigenvalue weighted by Crippen LogP contribution is 2.14. The van der Waals surface area contributed by atoms with Crippen molar-refractivity contribution >= 4 is 17.7 Å². The zero-order valence-corrected chi connectivity index (χ0v) is 14.7. The minimum absolute atomic E-state index is 0.160. The first-order valence-electron chi connectivity index (χ1n) is 7.72. The molecule has 5 nitrogen and oxygen atoms in total. The summed E-state index contributed by atoms with van der Waals surface area (Å²) in [4.78, 5) is 11.7. The van der Waals surface area contributed by atoms with Crippen LogP contribution in [0.2, 0.25) is 0 Å². The molecule has 6 heteroatoms. The lowest BCUT2D eigenvalue weighted by Crippen LogP contribution is -2.42. The molecule has 1 atom stereocenters. The molecule has 2 N–H and O–H groups in total. The van der Waals surface area contributed by atoms with Crippen LogP contribution < -0.4 is 10.1 Å². The quantitative estimate of drug-likeness (QED) is 0.562. The number of ether oxygens (including phenoxy) is 2. The SMILES string of the molecule is CC(C)(C)OC(=O)N[C@H](CO)Cc1ccc(OCCCCl)cc1. The van der Waals surface area contributed by atoms with Gasteiger partial charge in [0.05, 0.1) is 19.3 Å². The molecule has 1 rings (SSSR count). The van der Waals surface area contributed by atoms with E-state index in [4.69, 9.17) is 21.1 Å². The molecular formula is C17H26ClNO4. The molecule has 0 heterocycles. The van der Waals surface area contributed by atoms with E-state index in [1.807, 2.05) is 24.3 Å². The van der Waals surface area contributed by atoms with E-state index in [1.165, 1.54) is 0 Å². The Hall–Kier alpha value is -1.46. The molecular weight excluding hydrogens is 318 g/mol. The second kappa shape index (κ2) is 9.63. The maximum Gasteiger partial charge on any atom is 0.407 e. The zero-order valence-electron chi connectivity index (χ0n) is 14.0. The Morgan fingerprint density at radius 3 is 2.48 bits per heavy atom. The number of alkyl halides is 1. The van der Waals surface area contributed by atoms with Crippen molar-refractivity contribution in [3.05, 3.63) is 29.8 Å². The Bertz CT molecular complexity index is 470. The van der Waals surface area contributed by atoms with Gasteiger partial charge < -0.3 is 19.9 Å². The Balaban J connectivity index is 2.50. The number of rotatable bonds is 8. The third kappa shape index (κ3) is 8.67. The average molecular weight is 344 g/mol. The number of carbonyl (C=O) groups is 1. The molecule has 0 bridgehead atoms. The number of carbonyl (C=O) groups excluding carboxylic acids is 1. The van der Waals surface area contributed by atoms with Crippen LogP contribution in [0, 0.1) is 0 Å². The topological polar surface area (TPSA) is 67.8 Å². The molecule has 0 radical (unpaired) electrons.